The second-order valence-corrected chi connectivity index (χ2v) is 8.00. The maximum Gasteiger partial charge on any atom is 0.417 e. The molecule has 0 unspecified atom stereocenters. The minimum atomic E-state index is -4.68. The summed E-state index contributed by atoms with van der Waals surface area (Å²) in [6.07, 6.45) is 2.11. The van der Waals surface area contributed by atoms with Gasteiger partial charge in [0.05, 0.1) is 5.56 Å². The minimum Gasteiger partial charge on any atom is -0.326 e. The van der Waals surface area contributed by atoms with Crippen molar-refractivity contribution in [3.8, 4) is 11.1 Å². The van der Waals surface area contributed by atoms with Crippen LogP contribution in [0.2, 0.25) is 0 Å². The van der Waals surface area contributed by atoms with Crippen LogP contribution in [0, 0.1) is 5.82 Å². The van der Waals surface area contributed by atoms with Crippen molar-refractivity contribution in [2.24, 2.45) is 0 Å². The van der Waals surface area contributed by atoms with Crippen LogP contribution in [0.25, 0.3) is 11.1 Å². The van der Waals surface area contributed by atoms with Gasteiger partial charge >= 0.3 is 6.18 Å². The molecule has 168 valence electrons. The Labute approximate surface area is 180 Å². The van der Waals surface area contributed by atoms with Crippen LogP contribution in [-0.4, -0.2) is 30.4 Å². The number of carbonyl (C=O) groups excluding carboxylic acids is 1. The Bertz CT molecular complexity index is 874. The number of amides is 1. The fourth-order valence-electron chi connectivity index (χ4n) is 3.98. The molecule has 0 spiro atoms. The zero-order valence-corrected chi connectivity index (χ0v) is 17.5. The molecule has 0 bridgehead atoms. The Balaban J connectivity index is 1.59. The summed E-state index contributed by atoms with van der Waals surface area (Å²) >= 11 is 0. The lowest BCUT2D eigenvalue weighted by Gasteiger charge is -2.19. The lowest BCUT2D eigenvalue weighted by atomic mass is 9.98. The molecule has 1 heterocycles. The van der Waals surface area contributed by atoms with Crippen molar-refractivity contribution in [1.82, 2.24) is 4.90 Å². The fourth-order valence-corrected chi connectivity index (χ4v) is 3.98. The molecule has 0 saturated carbocycles. The first-order valence-corrected chi connectivity index (χ1v) is 10.8. The number of alkyl halides is 3. The number of hydrogen-bond acceptors (Lipinski definition) is 2. The quantitative estimate of drug-likeness (QED) is 0.397. The molecule has 7 heteroatoms. The molecule has 1 saturated heterocycles. The van der Waals surface area contributed by atoms with E-state index in [0.29, 0.717) is 6.42 Å². The summed E-state index contributed by atoms with van der Waals surface area (Å²) in [7, 11) is 0. The van der Waals surface area contributed by atoms with Gasteiger partial charge < -0.3 is 10.2 Å². The molecular formula is C24H28F4N2O. The van der Waals surface area contributed by atoms with Crippen molar-refractivity contribution in [2.75, 3.05) is 25.0 Å². The van der Waals surface area contributed by atoms with Crippen molar-refractivity contribution in [3.05, 3.63) is 53.8 Å². The lowest BCUT2D eigenvalue weighted by molar-refractivity contribution is -0.137. The zero-order valence-electron chi connectivity index (χ0n) is 17.5. The predicted octanol–water partition coefficient (Wildman–Crippen LogP) is 6.50. The van der Waals surface area contributed by atoms with Crippen molar-refractivity contribution in [2.45, 2.75) is 51.1 Å². The summed E-state index contributed by atoms with van der Waals surface area (Å²) in [5.41, 5.74) is -1.29. The molecule has 1 amide bonds. The van der Waals surface area contributed by atoms with Gasteiger partial charge in [-0.25, -0.2) is 4.39 Å². The summed E-state index contributed by atoms with van der Waals surface area (Å²) < 4.78 is 54.8. The number of rotatable bonds is 7. The Morgan fingerprint density at radius 1 is 0.935 bits per heavy atom. The number of benzene rings is 2. The maximum absolute atomic E-state index is 14.0. The summed E-state index contributed by atoms with van der Waals surface area (Å²) in [5.74, 6) is -1.04. The van der Waals surface area contributed by atoms with Gasteiger partial charge in [-0.15, -0.1) is 0 Å². The van der Waals surface area contributed by atoms with Crippen molar-refractivity contribution >= 4 is 11.6 Å². The number of anilines is 1. The van der Waals surface area contributed by atoms with E-state index in [1.807, 2.05) is 0 Å². The Kier molecular flexibility index (Phi) is 8.07. The highest BCUT2D eigenvalue weighted by Crippen LogP contribution is 2.39. The molecule has 3 rings (SSSR count). The van der Waals surface area contributed by atoms with Crippen molar-refractivity contribution in [3.63, 3.8) is 0 Å². The summed E-state index contributed by atoms with van der Waals surface area (Å²) in [5, 5.41) is 2.55. The van der Waals surface area contributed by atoms with Gasteiger partial charge in [0.15, 0.2) is 0 Å². The molecule has 1 aliphatic rings. The van der Waals surface area contributed by atoms with Crippen LogP contribution in [0.1, 0.15) is 50.5 Å². The average molecular weight is 436 g/mol. The van der Waals surface area contributed by atoms with Crippen LogP contribution >= 0.6 is 0 Å². The number of nitrogens with one attached hydrogen (secondary N) is 1. The van der Waals surface area contributed by atoms with Gasteiger partial charge in [0.2, 0.25) is 5.91 Å². The number of likely N-dealkylation sites (tertiary alicyclic amines) is 1. The molecule has 1 N–H and O–H groups in total. The van der Waals surface area contributed by atoms with Gasteiger partial charge in [0.25, 0.3) is 0 Å². The van der Waals surface area contributed by atoms with Gasteiger partial charge in [-0.2, -0.15) is 13.2 Å². The first-order valence-electron chi connectivity index (χ1n) is 10.8. The van der Waals surface area contributed by atoms with Gasteiger partial charge in [0.1, 0.15) is 5.82 Å². The number of unbranched alkanes of at least 4 members (excludes halogenated alkanes) is 1. The molecule has 0 atom stereocenters. The molecule has 2 aromatic carbocycles. The van der Waals surface area contributed by atoms with Crippen molar-refractivity contribution < 1.29 is 22.4 Å². The fraction of sp³-hybridized carbons (Fsp3) is 0.458. The third-order valence-corrected chi connectivity index (χ3v) is 5.60. The highest BCUT2D eigenvalue weighted by Gasteiger charge is 2.34. The number of hydrogen-bond donors (Lipinski definition) is 1. The summed E-state index contributed by atoms with van der Waals surface area (Å²) in [6.45, 7) is 3.14. The molecule has 0 radical (unpaired) electrons. The molecule has 3 nitrogen and oxygen atoms in total. The van der Waals surface area contributed by atoms with Gasteiger partial charge in [-0.1, -0.05) is 37.1 Å². The van der Waals surface area contributed by atoms with E-state index in [0.717, 1.165) is 38.2 Å². The summed E-state index contributed by atoms with van der Waals surface area (Å²) in [4.78, 5) is 14.6. The standard InChI is InChI=1S/C24H28F4N2O/c25-22-10-4-3-9-20(22)19-13-12-18(17-21(19)24(26,27)28)29-23(31)11-5-8-16-30-14-6-1-2-7-15-30/h3-4,9-10,12-13,17H,1-2,5-8,11,14-16H2,(H,29,31). The number of nitrogens with zero attached hydrogens (tertiary/aromatic N) is 1. The van der Waals surface area contributed by atoms with E-state index in [1.54, 1.807) is 0 Å². The zero-order chi connectivity index (χ0) is 22.3. The normalized spacial score (nSPS) is 15.5. The SMILES string of the molecule is O=C(CCCCN1CCCCCC1)Nc1ccc(-c2ccccc2F)c(C(F)(F)F)c1. The highest BCUT2D eigenvalue weighted by molar-refractivity contribution is 5.91. The molecule has 1 aliphatic heterocycles. The maximum atomic E-state index is 14.0. The molecular weight excluding hydrogens is 408 g/mol. The molecule has 1 fully saturated rings. The van der Waals surface area contributed by atoms with Crippen LogP contribution in [0.3, 0.4) is 0 Å². The Morgan fingerprint density at radius 3 is 2.32 bits per heavy atom. The van der Waals surface area contributed by atoms with E-state index >= 15 is 0 Å². The Hall–Kier alpha value is -2.41. The molecule has 2 aromatic rings. The van der Waals surface area contributed by atoms with E-state index < -0.39 is 17.6 Å². The van der Waals surface area contributed by atoms with Crippen LogP contribution in [0.15, 0.2) is 42.5 Å². The molecule has 0 aliphatic carbocycles. The second kappa shape index (κ2) is 10.8. The largest absolute Gasteiger partial charge is 0.417 e. The first kappa shape index (κ1) is 23.3. The van der Waals surface area contributed by atoms with Crippen LogP contribution in [0.5, 0.6) is 0 Å². The average Bonchev–Trinajstić information content (AvgIpc) is 3.00. The van der Waals surface area contributed by atoms with E-state index in [9.17, 15) is 22.4 Å². The topological polar surface area (TPSA) is 32.3 Å². The van der Waals surface area contributed by atoms with E-state index in [2.05, 4.69) is 10.2 Å². The number of halogens is 4. The minimum absolute atomic E-state index is 0.0601. The van der Waals surface area contributed by atoms with E-state index in [1.165, 1.54) is 56.0 Å². The number of carbonyl (C=O) groups is 1. The lowest BCUT2D eigenvalue weighted by Crippen LogP contribution is -2.25. The van der Waals surface area contributed by atoms with E-state index in [4.69, 9.17) is 0 Å². The van der Waals surface area contributed by atoms with Crippen LogP contribution < -0.4 is 5.32 Å². The van der Waals surface area contributed by atoms with Crippen LogP contribution in [-0.2, 0) is 11.0 Å². The van der Waals surface area contributed by atoms with Gasteiger partial charge in [-0.05, 0) is 69.1 Å². The van der Waals surface area contributed by atoms with Crippen molar-refractivity contribution in [1.29, 1.82) is 0 Å². The highest BCUT2D eigenvalue weighted by atomic mass is 19.4. The van der Waals surface area contributed by atoms with Gasteiger partial charge in [0, 0.05) is 17.7 Å². The third-order valence-electron chi connectivity index (χ3n) is 5.60. The monoisotopic (exact) mass is 436 g/mol. The second-order valence-electron chi connectivity index (χ2n) is 8.00. The van der Waals surface area contributed by atoms with Gasteiger partial charge in [-0.3, -0.25) is 4.79 Å². The Morgan fingerprint density at radius 2 is 1.65 bits per heavy atom. The predicted molar refractivity (Wildman–Crippen MR) is 114 cm³/mol. The molecule has 31 heavy (non-hydrogen) atoms. The van der Waals surface area contributed by atoms with Crippen LogP contribution in [0.4, 0.5) is 23.2 Å². The smallest absolute Gasteiger partial charge is 0.326 e. The van der Waals surface area contributed by atoms with E-state index in [-0.39, 0.29) is 29.1 Å². The summed E-state index contributed by atoms with van der Waals surface area (Å²) in [6, 6.07) is 8.80. The molecule has 0 aromatic heterocycles. The first-order chi connectivity index (χ1) is 14.8. The third kappa shape index (κ3) is 6.79.